The molecule has 0 aliphatic carbocycles. The summed E-state index contributed by atoms with van der Waals surface area (Å²) >= 11 is 12.0. The van der Waals surface area contributed by atoms with Crippen LogP contribution in [-0.4, -0.2) is 41.4 Å². The van der Waals surface area contributed by atoms with Gasteiger partial charge in [0.15, 0.2) is 6.61 Å². The van der Waals surface area contributed by atoms with Crippen molar-refractivity contribution >= 4 is 35.0 Å². The average molecular weight is 451 g/mol. The molecule has 5 nitrogen and oxygen atoms in total. The number of nitrogens with one attached hydrogen (secondary N) is 1. The van der Waals surface area contributed by atoms with E-state index in [4.69, 9.17) is 27.9 Å². The third-order valence-electron chi connectivity index (χ3n) is 4.39. The second-order valence-corrected chi connectivity index (χ2v) is 8.95. The molecule has 0 saturated heterocycles. The quantitative estimate of drug-likeness (QED) is 0.631. The first kappa shape index (κ1) is 24.0. The van der Waals surface area contributed by atoms with E-state index < -0.39 is 11.6 Å². The van der Waals surface area contributed by atoms with Crippen LogP contribution in [0.25, 0.3) is 0 Å². The summed E-state index contributed by atoms with van der Waals surface area (Å²) in [5.41, 5.74) is 0.688. The lowest BCUT2D eigenvalue weighted by atomic mass is 10.1. The topological polar surface area (TPSA) is 58.6 Å². The molecule has 0 aromatic heterocycles. The van der Waals surface area contributed by atoms with Crippen LogP contribution in [0.2, 0.25) is 10.0 Å². The second-order valence-electron chi connectivity index (χ2n) is 8.10. The van der Waals surface area contributed by atoms with Gasteiger partial charge in [-0.15, -0.1) is 0 Å². The zero-order valence-corrected chi connectivity index (χ0v) is 19.3. The van der Waals surface area contributed by atoms with Gasteiger partial charge in [0.2, 0.25) is 5.91 Å². The molecule has 1 atom stereocenters. The van der Waals surface area contributed by atoms with Crippen LogP contribution in [0.5, 0.6) is 5.75 Å². The van der Waals surface area contributed by atoms with Gasteiger partial charge >= 0.3 is 0 Å². The minimum absolute atomic E-state index is 0.214. The molecule has 7 heteroatoms. The molecule has 0 aliphatic heterocycles. The summed E-state index contributed by atoms with van der Waals surface area (Å²) in [7, 11) is 0. The van der Waals surface area contributed by atoms with Gasteiger partial charge < -0.3 is 15.0 Å². The van der Waals surface area contributed by atoms with Crippen LogP contribution < -0.4 is 10.1 Å². The molecule has 2 aromatic carbocycles. The van der Waals surface area contributed by atoms with E-state index in [0.717, 1.165) is 5.56 Å². The second kappa shape index (κ2) is 10.7. The summed E-state index contributed by atoms with van der Waals surface area (Å²) in [6.07, 6.45) is 0.626. The Balaban J connectivity index is 2.11. The summed E-state index contributed by atoms with van der Waals surface area (Å²) in [5.74, 6) is -0.147. The SMILES string of the molecule is C[C@H](C(=O)NC(C)(C)C)N(CCc1ccccc1)C(=O)COc1ccc(Cl)cc1Cl. The van der Waals surface area contributed by atoms with Crippen molar-refractivity contribution in [1.29, 1.82) is 0 Å². The average Bonchev–Trinajstić information content (AvgIpc) is 2.66. The zero-order chi connectivity index (χ0) is 22.3. The van der Waals surface area contributed by atoms with Crippen molar-refractivity contribution in [2.24, 2.45) is 0 Å². The highest BCUT2D eigenvalue weighted by atomic mass is 35.5. The molecule has 2 amide bonds. The van der Waals surface area contributed by atoms with Gasteiger partial charge in [0.1, 0.15) is 11.8 Å². The van der Waals surface area contributed by atoms with Crippen molar-refractivity contribution in [3.05, 3.63) is 64.1 Å². The fourth-order valence-electron chi connectivity index (χ4n) is 2.86. The van der Waals surface area contributed by atoms with Crippen LogP contribution in [0.4, 0.5) is 0 Å². The summed E-state index contributed by atoms with van der Waals surface area (Å²) in [4.78, 5) is 27.2. The fourth-order valence-corrected chi connectivity index (χ4v) is 3.32. The van der Waals surface area contributed by atoms with Crippen LogP contribution in [0.15, 0.2) is 48.5 Å². The maximum absolute atomic E-state index is 13.0. The molecule has 1 N–H and O–H groups in total. The van der Waals surface area contributed by atoms with Crippen molar-refractivity contribution in [2.75, 3.05) is 13.2 Å². The number of rotatable bonds is 8. The summed E-state index contributed by atoms with van der Waals surface area (Å²) < 4.78 is 5.60. The smallest absolute Gasteiger partial charge is 0.261 e. The number of carbonyl (C=O) groups excluding carboxylic acids is 2. The van der Waals surface area contributed by atoms with Crippen LogP contribution in [0.3, 0.4) is 0 Å². The molecule has 0 aliphatic rings. The minimum Gasteiger partial charge on any atom is -0.482 e. The van der Waals surface area contributed by atoms with E-state index in [1.165, 1.54) is 4.90 Å². The minimum atomic E-state index is -0.648. The molecular weight excluding hydrogens is 423 g/mol. The molecule has 0 unspecified atom stereocenters. The molecule has 0 bridgehead atoms. The normalized spacial score (nSPS) is 12.2. The Kier molecular flexibility index (Phi) is 8.56. The van der Waals surface area contributed by atoms with Gasteiger partial charge in [0.05, 0.1) is 5.02 Å². The Morgan fingerprint density at radius 3 is 2.37 bits per heavy atom. The third-order valence-corrected chi connectivity index (χ3v) is 4.93. The van der Waals surface area contributed by atoms with E-state index in [1.807, 2.05) is 51.1 Å². The molecule has 2 rings (SSSR count). The largest absolute Gasteiger partial charge is 0.482 e. The Morgan fingerprint density at radius 2 is 1.77 bits per heavy atom. The molecule has 0 fully saturated rings. The van der Waals surface area contributed by atoms with Gasteiger partial charge in [-0.25, -0.2) is 0 Å². The molecule has 30 heavy (non-hydrogen) atoms. The maximum Gasteiger partial charge on any atom is 0.261 e. The van der Waals surface area contributed by atoms with Crippen molar-refractivity contribution in [3.63, 3.8) is 0 Å². The molecule has 0 spiro atoms. The summed E-state index contributed by atoms with van der Waals surface area (Å²) in [6, 6.07) is 14.0. The molecule has 0 saturated carbocycles. The predicted molar refractivity (Wildman–Crippen MR) is 121 cm³/mol. The van der Waals surface area contributed by atoms with Crippen LogP contribution in [0, 0.1) is 0 Å². The zero-order valence-electron chi connectivity index (χ0n) is 17.7. The van der Waals surface area contributed by atoms with Crippen molar-refractivity contribution < 1.29 is 14.3 Å². The van der Waals surface area contributed by atoms with Gasteiger partial charge in [-0.3, -0.25) is 9.59 Å². The first-order chi connectivity index (χ1) is 14.1. The Labute approximate surface area is 188 Å². The van der Waals surface area contributed by atoms with Crippen molar-refractivity contribution in [3.8, 4) is 5.75 Å². The number of hydrogen-bond donors (Lipinski definition) is 1. The van der Waals surface area contributed by atoms with Crippen LogP contribution >= 0.6 is 23.2 Å². The predicted octanol–water partition coefficient (Wildman–Crippen LogP) is 4.75. The third kappa shape index (κ3) is 7.54. The number of carbonyl (C=O) groups is 2. The standard InChI is InChI=1S/C23H28Cl2N2O3/c1-16(22(29)26-23(2,3)4)27(13-12-17-8-6-5-7-9-17)21(28)15-30-20-11-10-18(24)14-19(20)25/h5-11,14,16H,12-13,15H2,1-4H3,(H,26,29)/t16-/m1/s1. The lowest BCUT2D eigenvalue weighted by molar-refractivity contribution is -0.142. The highest BCUT2D eigenvalue weighted by Crippen LogP contribution is 2.27. The molecule has 2 aromatic rings. The van der Waals surface area contributed by atoms with Crippen LogP contribution in [-0.2, 0) is 16.0 Å². The van der Waals surface area contributed by atoms with E-state index in [0.29, 0.717) is 28.8 Å². The maximum atomic E-state index is 13.0. The Hall–Kier alpha value is -2.24. The number of nitrogens with zero attached hydrogens (tertiary/aromatic N) is 1. The number of hydrogen-bond acceptors (Lipinski definition) is 3. The lowest BCUT2D eigenvalue weighted by Crippen LogP contribution is -2.53. The van der Waals surface area contributed by atoms with E-state index in [2.05, 4.69) is 5.32 Å². The van der Waals surface area contributed by atoms with Gasteiger partial charge in [0.25, 0.3) is 5.91 Å². The van der Waals surface area contributed by atoms with Gasteiger partial charge in [-0.1, -0.05) is 53.5 Å². The Bertz CT molecular complexity index is 866. The van der Waals surface area contributed by atoms with Gasteiger partial charge in [-0.2, -0.15) is 0 Å². The first-order valence-corrected chi connectivity index (χ1v) is 10.6. The molecule has 0 radical (unpaired) electrons. The number of ether oxygens (including phenoxy) is 1. The van der Waals surface area contributed by atoms with Crippen molar-refractivity contribution in [2.45, 2.75) is 45.7 Å². The van der Waals surface area contributed by atoms with Gasteiger partial charge in [0, 0.05) is 17.1 Å². The molecule has 0 heterocycles. The lowest BCUT2D eigenvalue weighted by Gasteiger charge is -2.31. The fraction of sp³-hybridized carbons (Fsp3) is 0.391. The Morgan fingerprint density at radius 1 is 1.10 bits per heavy atom. The van der Waals surface area contributed by atoms with Crippen LogP contribution in [0.1, 0.15) is 33.3 Å². The number of halogens is 2. The number of amides is 2. The van der Waals surface area contributed by atoms with E-state index in [-0.39, 0.29) is 18.4 Å². The number of benzene rings is 2. The van der Waals surface area contributed by atoms with E-state index >= 15 is 0 Å². The van der Waals surface area contributed by atoms with Crippen molar-refractivity contribution in [1.82, 2.24) is 10.2 Å². The highest BCUT2D eigenvalue weighted by molar-refractivity contribution is 6.35. The van der Waals surface area contributed by atoms with E-state index in [9.17, 15) is 9.59 Å². The highest BCUT2D eigenvalue weighted by Gasteiger charge is 2.28. The summed E-state index contributed by atoms with van der Waals surface area (Å²) in [6.45, 7) is 7.58. The first-order valence-electron chi connectivity index (χ1n) is 9.80. The van der Waals surface area contributed by atoms with Gasteiger partial charge in [-0.05, 0) is 57.9 Å². The monoisotopic (exact) mass is 450 g/mol. The van der Waals surface area contributed by atoms with E-state index in [1.54, 1.807) is 25.1 Å². The summed E-state index contributed by atoms with van der Waals surface area (Å²) in [5, 5.41) is 3.74. The molecular formula is C23H28Cl2N2O3. The molecule has 162 valence electrons.